The fourth-order valence-corrected chi connectivity index (χ4v) is 3.40. The number of rotatable bonds is 7. The second-order valence-corrected chi connectivity index (χ2v) is 7.37. The highest BCUT2D eigenvalue weighted by atomic mass is 32.2. The number of carbonyl (C=O) groups is 2. The molecule has 0 aromatic heterocycles. The van der Waals surface area contributed by atoms with Crippen LogP contribution in [-0.4, -0.2) is 52.5 Å². The highest BCUT2D eigenvalue weighted by molar-refractivity contribution is 7.89. The molecule has 1 unspecified atom stereocenters. The van der Waals surface area contributed by atoms with Crippen LogP contribution in [0.25, 0.3) is 0 Å². The quantitative estimate of drug-likeness (QED) is 0.527. The van der Waals surface area contributed by atoms with Crippen LogP contribution in [0.15, 0.2) is 41.3 Å². The maximum absolute atomic E-state index is 12.5. The van der Waals surface area contributed by atoms with Crippen LogP contribution < -0.4 is 9.46 Å². The SMILES string of the molecule is COc1ccc(S(=O)(=O)NC2C=C[C@H](OC(C)=O)[C@@H](COC(C)=O)O2)cc1. The third-order valence-electron chi connectivity index (χ3n) is 3.56. The van der Waals surface area contributed by atoms with Crippen molar-refractivity contribution in [1.82, 2.24) is 4.72 Å². The molecule has 1 aromatic carbocycles. The zero-order valence-electron chi connectivity index (χ0n) is 15.1. The summed E-state index contributed by atoms with van der Waals surface area (Å²) < 4.78 is 48.0. The van der Waals surface area contributed by atoms with Crippen molar-refractivity contribution >= 4 is 22.0 Å². The van der Waals surface area contributed by atoms with Crippen LogP contribution in [-0.2, 0) is 33.8 Å². The van der Waals surface area contributed by atoms with Crippen molar-refractivity contribution in [3.05, 3.63) is 36.4 Å². The zero-order chi connectivity index (χ0) is 20.0. The Kier molecular flexibility index (Phi) is 6.94. The van der Waals surface area contributed by atoms with E-state index in [-0.39, 0.29) is 11.5 Å². The molecule has 0 amide bonds. The van der Waals surface area contributed by atoms with Crippen molar-refractivity contribution in [1.29, 1.82) is 0 Å². The van der Waals surface area contributed by atoms with Gasteiger partial charge in [0.1, 0.15) is 30.8 Å². The van der Waals surface area contributed by atoms with Crippen LogP contribution in [0.5, 0.6) is 5.75 Å². The molecule has 1 N–H and O–H groups in total. The van der Waals surface area contributed by atoms with Crippen LogP contribution >= 0.6 is 0 Å². The molecule has 0 spiro atoms. The first-order valence-corrected chi connectivity index (χ1v) is 9.50. The largest absolute Gasteiger partial charge is 0.497 e. The number of esters is 2. The lowest BCUT2D eigenvalue weighted by Crippen LogP contribution is -2.47. The number of carbonyl (C=O) groups excluding carboxylic acids is 2. The number of hydrogen-bond donors (Lipinski definition) is 1. The summed E-state index contributed by atoms with van der Waals surface area (Å²) >= 11 is 0. The van der Waals surface area contributed by atoms with Crippen molar-refractivity contribution < 1.29 is 37.0 Å². The molecule has 3 atom stereocenters. The van der Waals surface area contributed by atoms with E-state index in [1.807, 2.05) is 0 Å². The van der Waals surface area contributed by atoms with Gasteiger partial charge >= 0.3 is 11.9 Å². The molecular formula is C17H21NO8S. The van der Waals surface area contributed by atoms with Gasteiger partial charge in [0.05, 0.1) is 12.0 Å². The van der Waals surface area contributed by atoms with E-state index < -0.39 is 40.4 Å². The molecule has 148 valence electrons. The lowest BCUT2D eigenvalue weighted by molar-refractivity contribution is -0.163. The Morgan fingerprint density at radius 1 is 1.11 bits per heavy atom. The van der Waals surface area contributed by atoms with E-state index in [0.717, 1.165) is 0 Å². The van der Waals surface area contributed by atoms with Gasteiger partial charge in [0.15, 0.2) is 0 Å². The van der Waals surface area contributed by atoms with Crippen molar-refractivity contribution in [3.8, 4) is 5.75 Å². The Bertz CT molecular complexity index is 803. The summed E-state index contributed by atoms with van der Waals surface area (Å²) in [5.74, 6) is -0.558. The van der Waals surface area contributed by atoms with Crippen molar-refractivity contribution in [2.24, 2.45) is 0 Å². The Balaban J connectivity index is 2.12. The first-order valence-electron chi connectivity index (χ1n) is 8.02. The molecule has 0 bridgehead atoms. The molecule has 0 saturated carbocycles. The molecule has 0 saturated heterocycles. The van der Waals surface area contributed by atoms with E-state index in [9.17, 15) is 18.0 Å². The van der Waals surface area contributed by atoms with Crippen molar-refractivity contribution in [2.75, 3.05) is 13.7 Å². The topological polar surface area (TPSA) is 117 Å². The molecule has 1 aromatic rings. The molecule has 1 aliphatic heterocycles. The molecular weight excluding hydrogens is 378 g/mol. The minimum Gasteiger partial charge on any atom is -0.497 e. The van der Waals surface area contributed by atoms with Gasteiger partial charge in [0, 0.05) is 13.8 Å². The molecule has 2 rings (SSSR count). The molecule has 27 heavy (non-hydrogen) atoms. The molecule has 1 aliphatic rings. The van der Waals surface area contributed by atoms with Gasteiger partial charge in [-0.25, -0.2) is 8.42 Å². The highest BCUT2D eigenvalue weighted by Crippen LogP contribution is 2.19. The monoisotopic (exact) mass is 399 g/mol. The molecule has 10 heteroatoms. The third-order valence-corrected chi connectivity index (χ3v) is 4.99. The Labute approximate surface area is 157 Å². The fraction of sp³-hybridized carbons (Fsp3) is 0.412. The number of nitrogens with one attached hydrogen (secondary N) is 1. The standard InChI is InChI=1S/C17H21NO8S/c1-11(19)24-10-16-15(25-12(2)20)8-9-17(26-16)18-27(21,22)14-6-4-13(23-3)5-7-14/h4-9,15-18H,10H2,1-3H3/t15-,16+,17?/m0/s1. The summed E-state index contributed by atoms with van der Waals surface area (Å²) in [5.41, 5.74) is 0. The first kappa shape index (κ1) is 20.9. The average Bonchev–Trinajstić information content (AvgIpc) is 2.61. The van der Waals surface area contributed by atoms with E-state index in [1.54, 1.807) is 0 Å². The molecule has 1 heterocycles. The minimum atomic E-state index is -3.88. The van der Waals surface area contributed by atoms with E-state index in [2.05, 4.69) is 4.72 Å². The van der Waals surface area contributed by atoms with Gasteiger partial charge in [-0.3, -0.25) is 9.59 Å². The second kappa shape index (κ2) is 8.98. The number of sulfonamides is 1. The van der Waals surface area contributed by atoms with Crippen LogP contribution in [0, 0.1) is 0 Å². The predicted molar refractivity (Wildman–Crippen MR) is 93.3 cm³/mol. The van der Waals surface area contributed by atoms with Gasteiger partial charge in [-0.15, -0.1) is 0 Å². The highest BCUT2D eigenvalue weighted by Gasteiger charge is 2.32. The lowest BCUT2D eigenvalue weighted by Gasteiger charge is -2.31. The van der Waals surface area contributed by atoms with E-state index in [4.69, 9.17) is 18.9 Å². The smallest absolute Gasteiger partial charge is 0.303 e. The van der Waals surface area contributed by atoms with Crippen LogP contribution in [0.3, 0.4) is 0 Å². The number of ether oxygens (including phenoxy) is 4. The third kappa shape index (κ3) is 6.05. The van der Waals surface area contributed by atoms with Crippen LogP contribution in [0.4, 0.5) is 0 Å². The van der Waals surface area contributed by atoms with E-state index in [1.165, 1.54) is 57.4 Å². The van der Waals surface area contributed by atoms with Gasteiger partial charge in [0.2, 0.25) is 10.0 Å². The first-order chi connectivity index (χ1) is 12.7. The summed E-state index contributed by atoms with van der Waals surface area (Å²) in [6, 6.07) is 5.83. The molecule has 0 fully saturated rings. The lowest BCUT2D eigenvalue weighted by atomic mass is 10.1. The molecule has 0 aliphatic carbocycles. The molecule has 0 radical (unpaired) electrons. The van der Waals surface area contributed by atoms with E-state index in [0.29, 0.717) is 5.75 Å². The summed E-state index contributed by atoms with van der Waals surface area (Å²) in [4.78, 5) is 22.3. The summed E-state index contributed by atoms with van der Waals surface area (Å²) in [7, 11) is -2.40. The number of hydrogen-bond acceptors (Lipinski definition) is 8. The molecule has 9 nitrogen and oxygen atoms in total. The Hall–Kier alpha value is -2.43. The van der Waals surface area contributed by atoms with Crippen molar-refractivity contribution in [3.63, 3.8) is 0 Å². The maximum Gasteiger partial charge on any atom is 0.303 e. The van der Waals surface area contributed by atoms with Crippen LogP contribution in [0.2, 0.25) is 0 Å². The fourth-order valence-electron chi connectivity index (χ4n) is 2.33. The summed E-state index contributed by atoms with van der Waals surface area (Å²) in [6.45, 7) is 2.26. The van der Waals surface area contributed by atoms with E-state index >= 15 is 0 Å². The zero-order valence-corrected chi connectivity index (χ0v) is 15.9. The number of methoxy groups -OCH3 is 1. The summed E-state index contributed by atoms with van der Waals surface area (Å²) in [5, 5.41) is 0. The number of benzene rings is 1. The Morgan fingerprint density at radius 3 is 2.33 bits per heavy atom. The normalized spacial score (nSPS) is 22.1. The van der Waals surface area contributed by atoms with Gasteiger partial charge in [-0.05, 0) is 36.4 Å². The van der Waals surface area contributed by atoms with Crippen LogP contribution in [0.1, 0.15) is 13.8 Å². The van der Waals surface area contributed by atoms with Gasteiger partial charge < -0.3 is 18.9 Å². The predicted octanol–water partition coefficient (Wildman–Crippen LogP) is 0.749. The van der Waals surface area contributed by atoms with Crippen molar-refractivity contribution in [2.45, 2.75) is 37.2 Å². The van der Waals surface area contributed by atoms with Gasteiger partial charge in [0.25, 0.3) is 0 Å². The summed E-state index contributed by atoms with van der Waals surface area (Å²) in [6.07, 6.45) is 0.221. The van der Waals surface area contributed by atoms with Gasteiger partial charge in [-0.1, -0.05) is 0 Å². The second-order valence-electron chi connectivity index (χ2n) is 5.65. The average molecular weight is 399 g/mol. The minimum absolute atomic E-state index is 0.0268. The maximum atomic E-state index is 12.5. The van der Waals surface area contributed by atoms with Gasteiger partial charge in [-0.2, -0.15) is 4.72 Å². The Morgan fingerprint density at radius 2 is 1.78 bits per heavy atom.